The van der Waals surface area contributed by atoms with Crippen molar-refractivity contribution in [3.63, 3.8) is 0 Å². The van der Waals surface area contributed by atoms with E-state index in [1.54, 1.807) is 0 Å². The average molecular weight is 285 g/mol. The van der Waals surface area contributed by atoms with Crippen molar-refractivity contribution >= 4 is 21.6 Å². The lowest BCUT2D eigenvalue weighted by Crippen LogP contribution is -2.41. The average Bonchev–Trinajstić information content (AvgIpc) is 2.27. The minimum Gasteiger partial charge on any atom is -0.330 e. The molecule has 0 aromatic heterocycles. The van der Waals surface area contributed by atoms with Crippen LogP contribution in [0.15, 0.2) is 28.0 Å². The molecule has 1 aliphatic carbocycles. The molecule has 0 amide bonds. The number of thioether (sulfide) groups is 1. The summed E-state index contributed by atoms with van der Waals surface area (Å²) >= 11 is 1.46. The third kappa shape index (κ3) is 2.31. The van der Waals surface area contributed by atoms with Gasteiger partial charge in [0.2, 0.25) is 0 Å². The van der Waals surface area contributed by atoms with E-state index in [9.17, 15) is 8.42 Å². The fourth-order valence-electron chi connectivity index (χ4n) is 2.51. The summed E-state index contributed by atoms with van der Waals surface area (Å²) in [7, 11) is -3.18. The Balaban J connectivity index is 2.53. The maximum absolute atomic E-state index is 11.8. The van der Waals surface area contributed by atoms with Crippen LogP contribution in [-0.2, 0) is 15.3 Å². The zero-order valence-electron chi connectivity index (χ0n) is 10.8. The van der Waals surface area contributed by atoms with Gasteiger partial charge in [-0.15, -0.1) is 11.8 Å². The van der Waals surface area contributed by atoms with Gasteiger partial charge in [-0.3, -0.25) is 0 Å². The first kappa shape index (κ1) is 13.9. The van der Waals surface area contributed by atoms with Crippen LogP contribution in [0.2, 0.25) is 0 Å². The fourth-order valence-corrected chi connectivity index (χ4v) is 4.45. The maximum atomic E-state index is 11.8. The van der Waals surface area contributed by atoms with Crippen molar-refractivity contribution in [1.29, 1.82) is 0 Å². The quantitative estimate of drug-likeness (QED) is 0.862. The summed E-state index contributed by atoms with van der Waals surface area (Å²) in [5.41, 5.74) is 6.96. The third-order valence-electron chi connectivity index (χ3n) is 3.88. The monoisotopic (exact) mass is 285 g/mol. The predicted molar refractivity (Wildman–Crippen MR) is 75.9 cm³/mol. The van der Waals surface area contributed by atoms with Crippen molar-refractivity contribution in [3.8, 4) is 0 Å². The van der Waals surface area contributed by atoms with Gasteiger partial charge in [0.15, 0.2) is 9.84 Å². The van der Waals surface area contributed by atoms with Crippen molar-refractivity contribution in [3.05, 3.63) is 23.8 Å². The Hall–Kier alpha value is -0.520. The molecule has 1 aromatic carbocycles. The molecular weight excluding hydrogens is 266 g/mol. The summed E-state index contributed by atoms with van der Waals surface area (Å²) in [4.78, 5) is 1.25. The minimum absolute atomic E-state index is 0.0103. The third-order valence-corrected chi connectivity index (χ3v) is 5.94. The summed E-state index contributed by atoms with van der Waals surface area (Å²) in [5, 5.41) is 0. The van der Waals surface area contributed by atoms with Crippen LogP contribution in [0.25, 0.3) is 0 Å². The van der Waals surface area contributed by atoms with E-state index in [1.165, 1.54) is 24.4 Å². The Labute approximate surface area is 113 Å². The molecule has 2 rings (SSSR count). The Morgan fingerprint density at radius 3 is 2.44 bits per heavy atom. The van der Waals surface area contributed by atoms with E-state index in [0.717, 1.165) is 23.3 Å². The zero-order chi connectivity index (χ0) is 13.4. The minimum atomic E-state index is -3.18. The van der Waals surface area contributed by atoms with Gasteiger partial charge in [-0.1, -0.05) is 12.5 Å². The molecule has 0 aliphatic heterocycles. The number of nitrogens with two attached hydrogens (primary N) is 1. The van der Waals surface area contributed by atoms with Crippen LogP contribution in [0.5, 0.6) is 0 Å². The van der Waals surface area contributed by atoms with Gasteiger partial charge in [0, 0.05) is 23.1 Å². The lowest BCUT2D eigenvalue weighted by Gasteiger charge is -2.41. The van der Waals surface area contributed by atoms with Crippen LogP contribution in [0.4, 0.5) is 0 Å². The molecule has 0 bridgehead atoms. The molecule has 0 atom stereocenters. The Kier molecular flexibility index (Phi) is 3.76. The first-order chi connectivity index (χ1) is 8.43. The molecule has 3 nitrogen and oxygen atoms in total. The van der Waals surface area contributed by atoms with E-state index in [1.807, 2.05) is 24.5 Å². The normalized spacial score (nSPS) is 18.4. The van der Waals surface area contributed by atoms with Crippen molar-refractivity contribution in [2.45, 2.75) is 34.5 Å². The van der Waals surface area contributed by atoms with E-state index >= 15 is 0 Å². The molecular formula is C13H19NO2S2. The van der Waals surface area contributed by atoms with Gasteiger partial charge >= 0.3 is 0 Å². The van der Waals surface area contributed by atoms with Gasteiger partial charge in [0.05, 0.1) is 4.90 Å². The molecule has 1 aliphatic rings. The second-order valence-electron chi connectivity index (χ2n) is 4.98. The van der Waals surface area contributed by atoms with Gasteiger partial charge in [-0.2, -0.15) is 0 Å². The zero-order valence-corrected chi connectivity index (χ0v) is 12.4. The Morgan fingerprint density at radius 2 is 2.06 bits per heavy atom. The smallest absolute Gasteiger partial charge is 0.176 e. The SMILES string of the molecule is CSc1ccc(C2(CN)CCC2)cc1S(C)(=O)=O. The lowest BCUT2D eigenvalue weighted by molar-refractivity contribution is 0.252. The van der Waals surface area contributed by atoms with E-state index < -0.39 is 9.84 Å². The highest BCUT2D eigenvalue weighted by Crippen LogP contribution is 2.44. The Morgan fingerprint density at radius 1 is 1.39 bits per heavy atom. The maximum Gasteiger partial charge on any atom is 0.176 e. The lowest BCUT2D eigenvalue weighted by atomic mass is 9.64. The van der Waals surface area contributed by atoms with E-state index in [4.69, 9.17) is 5.73 Å². The summed E-state index contributed by atoms with van der Waals surface area (Å²) in [6.45, 7) is 0.592. The number of sulfone groups is 1. The van der Waals surface area contributed by atoms with Crippen molar-refractivity contribution < 1.29 is 8.42 Å². The van der Waals surface area contributed by atoms with Gasteiger partial charge in [-0.25, -0.2) is 8.42 Å². The van der Waals surface area contributed by atoms with Crippen molar-refractivity contribution in [2.24, 2.45) is 5.73 Å². The second kappa shape index (κ2) is 4.87. The van der Waals surface area contributed by atoms with Gasteiger partial charge in [0.1, 0.15) is 0 Å². The van der Waals surface area contributed by atoms with Crippen molar-refractivity contribution in [1.82, 2.24) is 0 Å². The molecule has 100 valence electrons. The standard InChI is InChI=1S/C13H19NO2S2/c1-17-11-5-4-10(8-12(11)18(2,15)16)13(9-14)6-3-7-13/h4-5,8H,3,6-7,9,14H2,1-2H3. The molecule has 0 heterocycles. The number of hydrogen-bond donors (Lipinski definition) is 1. The van der Waals surface area contributed by atoms with Crippen LogP contribution in [0.3, 0.4) is 0 Å². The van der Waals surface area contributed by atoms with Crippen LogP contribution >= 0.6 is 11.8 Å². The van der Waals surface area contributed by atoms with Crippen LogP contribution in [0.1, 0.15) is 24.8 Å². The molecule has 1 aromatic rings. The van der Waals surface area contributed by atoms with Gasteiger partial charge in [-0.05, 0) is 36.8 Å². The van der Waals surface area contributed by atoms with Crippen LogP contribution < -0.4 is 5.73 Å². The summed E-state index contributed by atoms with van der Waals surface area (Å²) in [6.07, 6.45) is 6.46. The second-order valence-corrected chi connectivity index (χ2v) is 7.81. The summed E-state index contributed by atoms with van der Waals surface area (Å²) in [6, 6.07) is 5.77. The molecule has 1 fully saturated rings. The molecule has 1 saturated carbocycles. The van der Waals surface area contributed by atoms with E-state index in [-0.39, 0.29) is 5.41 Å². The number of benzene rings is 1. The fraction of sp³-hybridized carbons (Fsp3) is 0.538. The Bertz CT molecular complexity index is 543. The van der Waals surface area contributed by atoms with Gasteiger partial charge < -0.3 is 5.73 Å². The molecule has 0 saturated heterocycles. The highest BCUT2D eigenvalue weighted by Gasteiger charge is 2.37. The first-order valence-electron chi connectivity index (χ1n) is 6.02. The number of rotatable bonds is 4. The molecule has 18 heavy (non-hydrogen) atoms. The molecule has 0 spiro atoms. The highest BCUT2D eigenvalue weighted by atomic mass is 32.2. The highest BCUT2D eigenvalue weighted by molar-refractivity contribution is 7.99. The van der Waals surface area contributed by atoms with Crippen LogP contribution in [-0.4, -0.2) is 27.5 Å². The molecule has 0 radical (unpaired) electrons. The molecule has 5 heteroatoms. The predicted octanol–water partition coefficient (Wildman–Crippen LogP) is 2.19. The van der Waals surface area contributed by atoms with Crippen molar-refractivity contribution in [2.75, 3.05) is 19.1 Å². The topological polar surface area (TPSA) is 60.2 Å². The molecule has 0 unspecified atom stereocenters. The number of hydrogen-bond acceptors (Lipinski definition) is 4. The summed E-state index contributed by atoms with van der Waals surface area (Å²) < 4.78 is 23.7. The van der Waals surface area contributed by atoms with E-state index in [0.29, 0.717) is 11.4 Å². The van der Waals surface area contributed by atoms with Gasteiger partial charge in [0.25, 0.3) is 0 Å². The largest absolute Gasteiger partial charge is 0.330 e. The van der Waals surface area contributed by atoms with E-state index in [2.05, 4.69) is 0 Å². The first-order valence-corrected chi connectivity index (χ1v) is 9.13. The molecule has 2 N–H and O–H groups in total. The van der Waals surface area contributed by atoms with Crippen LogP contribution in [0, 0.1) is 0 Å². The summed E-state index contributed by atoms with van der Waals surface area (Å²) in [5.74, 6) is 0.